The van der Waals surface area contributed by atoms with Crippen molar-refractivity contribution in [3.05, 3.63) is 59.2 Å². The summed E-state index contributed by atoms with van der Waals surface area (Å²) in [6, 6.07) is 5.83. The Bertz CT molecular complexity index is 1460. The Labute approximate surface area is 244 Å². The third-order valence-electron chi connectivity index (χ3n) is 7.71. The van der Waals surface area contributed by atoms with Crippen LogP contribution >= 0.6 is 0 Å². The van der Waals surface area contributed by atoms with Crippen molar-refractivity contribution in [2.45, 2.75) is 80.9 Å². The van der Waals surface area contributed by atoms with Crippen LogP contribution in [-0.2, 0) is 31.6 Å². The van der Waals surface area contributed by atoms with Gasteiger partial charge in [0.2, 0.25) is 11.8 Å². The third-order valence-corrected chi connectivity index (χ3v) is 9.59. The van der Waals surface area contributed by atoms with Crippen LogP contribution in [0.15, 0.2) is 47.4 Å². The van der Waals surface area contributed by atoms with Crippen LogP contribution in [0, 0.1) is 6.92 Å². The summed E-state index contributed by atoms with van der Waals surface area (Å²) in [5, 5.41) is 12.6. The first-order valence-electron chi connectivity index (χ1n) is 13.6. The maximum atomic E-state index is 13.9. The lowest BCUT2D eigenvalue weighted by Crippen LogP contribution is -2.54. The van der Waals surface area contributed by atoms with Gasteiger partial charge in [0.25, 0.3) is 15.6 Å². The predicted octanol–water partition coefficient (Wildman–Crippen LogP) is 4.33. The Morgan fingerprint density at radius 3 is 2.26 bits per heavy atom. The van der Waals surface area contributed by atoms with E-state index in [0.29, 0.717) is 25.2 Å². The number of rotatable bonds is 8. The highest BCUT2D eigenvalue weighted by atomic mass is 32.2. The standard InChI is InChI=1S/C28H31F6N3O5S/c1-3-12-36-16-20(14-25(36)39)35-24(38)15-21-8-6-18-13-19(26(40,27(29,30)31)28(32,33)34)7-11-23(18)37(21)43(41,42)22-9-4-17(2)5-10-22/h4-5,7,9-11,13,20-21,40H,3,6,8,12,14-16H2,1-2H3,(H,35,38). The second-order valence-corrected chi connectivity index (χ2v) is 12.7. The molecule has 1 fully saturated rings. The quantitative estimate of drug-likeness (QED) is 0.420. The first-order chi connectivity index (χ1) is 19.9. The summed E-state index contributed by atoms with van der Waals surface area (Å²) < 4.78 is 110. The molecule has 2 aromatic rings. The van der Waals surface area contributed by atoms with Crippen molar-refractivity contribution < 1.29 is 49.5 Å². The van der Waals surface area contributed by atoms with Crippen molar-refractivity contribution in [2.24, 2.45) is 0 Å². The van der Waals surface area contributed by atoms with Gasteiger partial charge in [0.05, 0.1) is 22.7 Å². The van der Waals surface area contributed by atoms with Gasteiger partial charge in [-0.1, -0.05) is 36.8 Å². The largest absolute Gasteiger partial charge is 0.430 e. The number of benzene rings is 2. The fourth-order valence-corrected chi connectivity index (χ4v) is 7.26. The minimum Gasteiger partial charge on any atom is -0.369 e. The summed E-state index contributed by atoms with van der Waals surface area (Å²) in [6.07, 6.45) is -12.1. The van der Waals surface area contributed by atoms with Gasteiger partial charge >= 0.3 is 12.4 Å². The number of sulfonamides is 1. The number of carbonyl (C=O) groups is 2. The van der Waals surface area contributed by atoms with Crippen LogP contribution in [0.3, 0.4) is 0 Å². The Kier molecular flexibility index (Phi) is 8.82. The monoisotopic (exact) mass is 635 g/mol. The number of alkyl halides is 6. The molecule has 2 unspecified atom stereocenters. The predicted molar refractivity (Wildman–Crippen MR) is 143 cm³/mol. The summed E-state index contributed by atoms with van der Waals surface area (Å²) in [5.74, 6) is -0.690. The minimum absolute atomic E-state index is 0.0781. The molecule has 0 spiro atoms. The number of amides is 2. The first-order valence-corrected chi connectivity index (χ1v) is 15.0. The van der Waals surface area contributed by atoms with Gasteiger partial charge < -0.3 is 15.3 Å². The SMILES string of the molecule is CCCN1CC(NC(=O)CC2CCc3cc(C(O)(C(F)(F)F)C(F)(F)F)ccc3N2S(=O)(=O)c2ccc(C)cc2)CC1=O. The maximum absolute atomic E-state index is 13.9. The molecule has 0 aromatic heterocycles. The van der Waals surface area contributed by atoms with Crippen LogP contribution in [-0.4, -0.2) is 67.8 Å². The van der Waals surface area contributed by atoms with Crippen LogP contribution in [0.25, 0.3) is 0 Å². The number of halogens is 6. The molecule has 0 bridgehead atoms. The van der Waals surface area contributed by atoms with Gasteiger partial charge in [-0.25, -0.2) is 8.42 Å². The molecule has 0 aliphatic carbocycles. The van der Waals surface area contributed by atoms with Gasteiger partial charge in [-0.2, -0.15) is 26.3 Å². The molecule has 2 heterocycles. The van der Waals surface area contributed by atoms with Gasteiger partial charge in [0.15, 0.2) is 0 Å². The summed E-state index contributed by atoms with van der Waals surface area (Å²) in [7, 11) is -4.46. The second-order valence-electron chi connectivity index (χ2n) is 10.9. The van der Waals surface area contributed by atoms with E-state index >= 15 is 0 Å². The highest BCUT2D eigenvalue weighted by Gasteiger charge is 2.71. The van der Waals surface area contributed by atoms with Gasteiger partial charge in [0, 0.05) is 31.5 Å². The molecule has 1 saturated heterocycles. The van der Waals surface area contributed by atoms with Crippen LogP contribution < -0.4 is 9.62 Å². The van der Waals surface area contributed by atoms with Gasteiger partial charge in [-0.05, 0) is 49.9 Å². The van der Waals surface area contributed by atoms with E-state index in [0.717, 1.165) is 22.4 Å². The molecular weight excluding hydrogens is 604 g/mol. The molecule has 236 valence electrons. The molecule has 4 rings (SSSR count). The van der Waals surface area contributed by atoms with Gasteiger partial charge in [0.1, 0.15) is 0 Å². The van der Waals surface area contributed by atoms with E-state index in [1.165, 1.54) is 24.3 Å². The smallest absolute Gasteiger partial charge is 0.369 e. The van der Waals surface area contributed by atoms with Crippen molar-refractivity contribution in [3.63, 3.8) is 0 Å². The number of hydrogen-bond donors (Lipinski definition) is 2. The zero-order valence-electron chi connectivity index (χ0n) is 23.3. The zero-order chi connectivity index (χ0) is 32.0. The van der Waals surface area contributed by atoms with Gasteiger partial charge in [-0.15, -0.1) is 0 Å². The van der Waals surface area contributed by atoms with E-state index in [1.54, 1.807) is 11.8 Å². The van der Waals surface area contributed by atoms with Crippen molar-refractivity contribution >= 4 is 27.5 Å². The topological polar surface area (TPSA) is 107 Å². The van der Waals surface area contributed by atoms with Crippen molar-refractivity contribution in [1.29, 1.82) is 0 Å². The minimum atomic E-state index is -6.11. The zero-order valence-corrected chi connectivity index (χ0v) is 24.1. The van der Waals surface area contributed by atoms with Crippen LogP contribution in [0.2, 0.25) is 0 Å². The number of nitrogens with one attached hydrogen (secondary N) is 1. The molecule has 2 aromatic carbocycles. The third kappa shape index (κ3) is 6.19. The van der Waals surface area contributed by atoms with Crippen LogP contribution in [0.5, 0.6) is 0 Å². The van der Waals surface area contributed by atoms with E-state index in [9.17, 15) is 49.5 Å². The molecule has 0 saturated carbocycles. The Balaban J connectivity index is 1.71. The van der Waals surface area contributed by atoms with Crippen LogP contribution in [0.1, 0.15) is 49.3 Å². The van der Waals surface area contributed by atoms with E-state index in [1.807, 2.05) is 6.92 Å². The molecule has 2 aliphatic rings. The summed E-state index contributed by atoms with van der Waals surface area (Å²) >= 11 is 0. The molecule has 0 radical (unpaired) electrons. The molecule has 2 atom stereocenters. The Morgan fingerprint density at radius 1 is 1.05 bits per heavy atom. The molecule has 8 nitrogen and oxygen atoms in total. The Morgan fingerprint density at radius 2 is 1.67 bits per heavy atom. The number of aryl methyl sites for hydroxylation is 2. The number of aliphatic hydroxyl groups is 1. The lowest BCUT2D eigenvalue weighted by atomic mass is 9.87. The van der Waals surface area contributed by atoms with E-state index in [4.69, 9.17) is 0 Å². The molecule has 43 heavy (non-hydrogen) atoms. The second kappa shape index (κ2) is 11.6. The highest BCUT2D eigenvalue weighted by Crippen LogP contribution is 2.51. The molecule has 2 aliphatic heterocycles. The number of likely N-dealkylation sites (tertiary alicyclic amines) is 1. The van der Waals surface area contributed by atoms with E-state index in [-0.39, 0.29) is 47.7 Å². The van der Waals surface area contributed by atoms with Crippen molar-refractivity contribution in [1.82, 2.24) is 10.2 Å². The lowest BCUT2D eigenvalue weighted by molar-refractivity contribution is -0.376. The first kappa shape index (κ1) is 32.6. The summed E-state index contributed by atoms with van der Waals surface area (Å²) in [6.45, 7) is 4.44. The summed E-state index contributed by atoms with van der Waals surface area (Å²) in [5.41, 5.74) is -6.33. The van der Waals surface area contributed by atoms with Crippen molar-refractivity contribution in [2.75, 3.05) is 17.4 Å². The molecule has 2 amide bonds. The summed E-state index contributed by atoms with van der Waals surface area (Å²) in [4.78, 5) is 26.7. The molecule has 15 heteroatoms. The number of anilines is 1. The number of carbonyl (C=O) groups excluding carboxylic acids is 2. The average molecular weight is 636 g/mol. The fraction of sp³-hybridized carbons (Fsp3) is 0.500. The normalized spacial score (nSPS) is 19.9. The van der Waals surface area contributed by atoms with Gasteiger partial charge in [-0.3, -0.25) is 13.9 Å². The van der Waals surface area contributed by atoms with E-state index < -0.39 is 51.5 Å². The molecule has 2 N–H and O–H groups in total. The number of nitrogens with zero attached hydrogens (tertiary/aromatic N) is 2. The maximum Gasteiger partial charge on any atom is 0.430 e. The Hall–Kier alpha value is -3.33. The fourth-order valence-electron chi connectivity index (χ4n) is 5.54. The van der Waals surface area contributed by atoms with E-state index in [2.05, 4.69) is 5.32 Å². The highest BCUT2D eigenvalue weighted by molar-refractivity contribution is 7.92. The molecular formula is C28H31F6N3O5S. The number of hydrogen-bond acceptors (Lipinski definition) is 5. The van der Waals surface area contributed by atoms with Crippen LogP contribution in [0.4, 0.5) is 32.0 Å². The van der Waals surface area contributed by atoms with Crippen molar-refractivity contribution in [3.8, 4) is 0 Å². The lowest BCUT2D eigenvalue weighted by Gasteiger charge is -2.39. The average Bonchev–Trinajstić information content (AvgIpc) is 3.24. The number of fused-ring (bicyclic) bond motifs is 1.